The van der Waals surface area contributed by atoms with Gasteiger partial charge in [-0.25, -0.2) is 4.68 Å². The number of benzene rings is 1. The van der Waals surface area contributed by atoms with Gasteiger partial charge in [0, 0.05) is 17.8 Å². The van der Waals surface area contributed by atoms with Gasteiger partial charge in [-0.1, -0.05) is 18.2 Å². The molecule has 1 fully saturated rings. The van der Waals surface area contributed by atoms with Crippen LogP contribution >= 0.6 is 0 Å². The van der Waals surface area contributed by atoms with Gasteiger partial charge in [0.25, 0.3) is 5.91 Å². The minimum absolute atomic E-state index is 0.0153. The second kappa shape index (κ2) is 6.64. The molecular formula is C20H25N3O2. The fourth-order valence-electron chi connectivity index (χ4n) is 4.24. The number of aliphatic hydroxyl groups excluding tert-OH is 1. The van der Waals surface area contributed by atoms with E-state index in [1.807, 2.05) is 39.9 Å². The van der Waals surface area contributed by atoms with E-state index in [-0.39, 0.29) is 11.9 Å². The molecule has 2 atom stereocenters. The molecular weight excluding hydrogens is 314 g/mol. The third kappa shape index (κ3) is 2.86. The number of fused-ring (bicyclic) bond motifs is 1. The highest BCUT2D eigenvalue weighted by atomic mass is 16.3. The van der Waals surface area contributed by atoms with E-state index in [1.54, 1.807) is 6.92 Å². The molecule has 1 N–H and O–H groups in total. The summed E-state index contributed by atoms with van der Waals surface area (Å²) in [6.45, 7) is 2.49. The summed E-state index contributed by atoms with van der Waals surface area (Å²) in [6.07, 6.45) is 5.37. The average molecular weight is 339 g/mol. The van der Waals surface area contributed by atoms with Crippen molar-refractivity contribution in [1.82, 2.24) is 14.7 Å². The molecule has 1 aromatic carbocycles. The molecule has 0 spiro atoms. The number of nitrogens with zero attached hydrogens (tertiary/aromatic N) is 3. The molecule has 0 saturated carbocycles. The highest BCUT2D eigenvalue weighted by Gasteiger charge is 2.35. The van der Waals surface area contributed by atoms with Crippen LogP contribution in [0.15, 0.2) is 30.3 Å². The number of piperidine rings is 1. The fraction of sp³-hybridized carbons (Fsp3) is 0.500. The van der Waals surface area contributed by atoms with Crippen LogP contribution < -0.4 is 0 Å². The van der Waals surface area contributed by atoms with Crippen molar-refractivity contribution >= 4 is 5.91 Å². The van der Waals surface area contributed by atoms with E-state index >= 15 is 0 Å². The largest absolute Gasteiger partial charge is 0.391 e. The number of aromatic nitrogens is 2. The lowest BCUT2D eigenvalue weighted by atomic mass is 9.97. The summed E-state index contributed by atoms with van der Waals surface area (Å²) in [6, 6.07) is 9.93. The number of rotatable bonds is 3. The number of hydrogen-bond acceptors (Lipinski definition) is 3. The van der Waals surface area contributed by atoms with E-state index in [4.69, 9.17) is 5.10 Å². The van der Waals surface area contributed by atoms with Crippen molar-refractivity contribution in [2.24, 2.45) is 0 Å². The summed E-state index contributed by atoms with van der Waals surface area (Å²) < 4.78 is 1.94. The first-order chi connectivity index (χ1) is 12.2. The molecule has 0 radical (unpaired) electrons. The predicted molar refractivity (Wildman–Crippen MR) is 95.9 cm³/mol. The van der Waals surface area contributed by atoms with E-state index in [0.717, 1.165) is 49.8 Å². The summed E-state index contributed by atoms with van der Waals surface area (Å²) in [4.78, 5) is 15.1. The van der Waals surface area contributed by atoms with E-state index in [1.165, 1.54) is 5.69 Å². The van der Waals surface area contributed by atoms with Gasteiger partial charge in [-0.3, -0.25) is 4.79 Å². The van der Waals surface area contributed by atoms with E-state index in [9.17, 15) is 9.90 Å². The lowest BCUT2D eigenvalue weighted by Gasteiger charge is -2.37. The average Bonchev–Trinajstić information content (AvgIpc) is 3.24. The number of amides is 1. The minimum Gasteiger partial charge on any atom is -0.391 e. The molecule has 1 aliphatic carbocycles. The molecule has 132 valence electrons. The maximum atomic E-state index is 13.3. The molecule has 2 unspecified atom stereocenters. The van der Waals surface area contributed by atoms with Crippen LogP contribution in [0.3, 0.4) is 0 Å². The molecule has 4 rings (SSSR count). The number of para-hydroxylation sites is 1. The summed E-state index contributed by atoms with van der Waals surface area (Å²) in [5.74, 6) is -0.0153. The van der Waals surface area contributed by atoms with Gasteiger partial charge in [0.2, 0.25) is 0 Å². The zero-order chi connectivity index (χ0) is 17.4. The van der Waals surface area contributed by atoms with Gasteiger partial charge >= 0.3 is 0 Å². The summed E-state index contributed by atoms with van der Waals surface area (Å²) in [7, 11) is 0. The van der Waals surface area contributed by atoms with E-state index in [2.05, 4.69) is 0 Å². The van der Waals surface area contributed by atoms with Crippen molar-refractivity contribution in [2.45, 2.75) is 57.6 Å². The second-order valence-corrected chi connectivity index (χ2v) is 7.18. The number of likely N-dealkylation sites (tertiary alicyclic amines) is 1. The standard InChI is InChI=1S/C20H25N3O2/c1-14(24)17-11-5-6-13-22(17)20(25)19-16-10-7-12-18(16)23(21-19)15-8-3-2-4-9-15/h2-4,8-9,14,17,24H,5-7,10-13H2,1H3. The molecule has 2 aliphatic rings. The molecule has 5 heteroatoms. The number of carbonyl (C=O) groups excluding carboxylic acids is 1. The minimum atomic E-state index is -0.506. The van der Waals surface area contributed by atoms with E-state index < -0.39 is 6.10 Å². The third-order valence-electron chi connectivity index (χ3n) is 5.50. The SMILES string of the molecule is CC(O)C1CCCCN1C(=O)c1nn(-c2ccccc2)c2c1CCC2. The molecule has 1 aromatic heterocycles. The summed E-state index contributed by atoms with van der Waals surface area (Å²) in [5.41, 5.74) is 3.86. The molecule has 1 amide bonds. The van der Waals surface area contributed by atoms with Gasteiger partial charge in [0.15, 0.2) is 5.69 Å². The third-order valence-corrected chi connectivity index (χ3v) is 5.50. The molecule has 1 saturated heterocycles. The molecule has 25 heavy (non-hydrogen) atoms. The van der Waals surface area contributed by atoms with Crippen LogP contribution in [0.1, 0.15) is 54.4 Å². The maximum Gasteiger partial charge on any atom is 0.275 e. The summed E-state index contributed by atoms with van der Waals surface area (Å²) >= 11 is 0. The normalized spacial score (nSPS) is 21.2. The van der Waals surface area contributed by atoms with Crippen LogP contribution in [0.5, 0.6) is 0 Å². The van der Waals surface area contributed by atoms with Crippen LogP contribution in [0, 0.1) is 0 Å². The Balaban J connectivity index is 1.72. The van der Waals surface area contributed by atoms with Gasteiger partial charge in [-0.15, -0.1) is 0 Å². The van der Waals surface area contributed by atoms with Crippen LogP contribution in [0.25, 0.3) is 5.69 Å². The first-order valence-corrected chi connectivity index (χ1v) is 9.32. The number of carbonyl (C=O) groups is 1. The van der Waals surface area contributed by atoms with Crippen molar-refractivity contribution in [3.63, 3.8) is 0 Å². The Morgan fingerprint density at radius 3 is 2.76 bits per heavy atom. The van der Waals surface area contributed by atoms with Crippen molar-refractivity contribution < 1.29 is 9.90 Å². The molecule has 1 aliphatic heterocycles. The number of hydrogen-bond donors (Lipinski definition) is 1. The molecule has 2 aromatic rings. The van der Waals surface area contributed by atoms with Crippen LogP contribution in [-0.2, 0) is 12.8 Å². The highest BCUT2D eigenvalue weighted by molar-refractivity contribution is 5.94. The molecule has 2 heterocycles. The zero-order valence-corrected chi connectivity index (χ0v) is 14.7. The zero-order valence-electron chi connectivity index (χ0n) is 14.7. The van der Waals surface area contributed by atoms with Crippen molar-refractivity contribution in [2.75, 3.05) is 6.54 Å². The van der Waals surface area contributed by atoms with Gasteiger partial charge in [0.05, 0.1) is 17.8 Å². The van der Waals surface area contributed by atoms with Crippen LogP contribution in [0.4, 0.5) is 0 Å². The van der Waals surface area contributed by atoms with Crippen molar-refractivity contribution in [1.29, 1.82) is 0 Å². The Morgan fingerprint density at radius 1 is 1.20 bits per heavy atom. The van der Waals surface area contributed by atoms with Crippen LogP contribution in [-0.4, -0.2) is 44.4 Å². The topological polar surface area (TPSA) is 58.4 Å². The lowest BCUT2D eigenvalue weighted by molar-refractivity contribution is 0.0275. The van der Waals surface area contributed by atoms with Crippen LogP contribution in [0.2, 0.25) is 0 Å². The second-order valence-electron chi connectivity index (χ2n) is 7.18. The van der Waals surface area contributed by atoms with Gasteiger partial charge < -0.3 is 10.0 Å². The Kier molecular flexibility index (Phi) is 4.34. The first-order valence-electron chi connectivity index (χ1n) is 9.32. The quantitative estimate of drug-likeness (QED) is 0.935. The Labute approximate surface area is 148 Å². The van der Waals surface area contributed by atoms with Crippen molar-refractivity contribution in [3.8, 4) is 5.69 Å². The monoisotopic (exact) mass is 339 g/mol. The maximum absolute atomic E-state index is 13.3. The Bertz CT molecular complexity index is 767. The van der Waals surface area contributed by atoms with Gasteiger partial charge in [-0.2, -0.15) is 5.10 Å². The molecule has 5 nitrogen and oxygen atoms in total. The summed E-state index contributed by atoms with van der Waals surface area (Å²) in [5, 5.41) is 14.8. The number of aliphatic hydroxyl groups is 1. The van der Waals surface area contributed by atoms with Gasteiger partial charge in [0.1, 0.15) is 0 Å². The Hall–Kier alpha value is -2.14. The smallest absolute Gasteiger partial charge is 0.275 e. The van der Waals surface area contributed by atoms with Crippen molar-refractivity contribution in [3.05, 3.63) is 47.3 Å². The predicted octanol–water partition coefficient (Wildman–Crippen LogP) is 2.74. The Morgan fingerprint density at radius 2 is 2.00 bits per heavy atom. The highest BCUT2D eigenvalue weighted by Crippen LogP contribution is 2.30. The van der Waals surface area contributed by atoms with E-state index in [0.29, 0.717) is 12.2 Å². The lowest BCUT2D eigenvalue weighted by Crippen LogP contribution is -2.49. The molecule has 0 bridgehead atoms. The first kappa shape index (κ1) is 16.3. The fourth-order valence-corrected chi connectivity index (χ4v) is 4.24. The van der Waals surface area contributed by atoms with Gasteiger partial charge in [-0.05, 0) is 57.6 Å².